The number of rotatable bonds is 2. The molecule has 9 aromatic rings. The van der Waals surface area contributed by atoms with Gasteiger partial charge in [-0.05, 0) is 109 Å². The van der Waals surface area contributed by atoms with Gasteiger partial charge in [0.05, 0.1) is 56.9 Å². The number of benzene rings is 8. The molecule has 55 heavy (non-hydrogen) atoms. The van der Waals surface area contributed by atoms with Crippen LogP contribution in [0.4, 0.5) is 68.2 Å². The third kappa shape index (κ3) is 4.06. The van der Waals surface area contributed by atoms with Crippen molar-refractivity contribution in [1.29, 1.82) is 0 Å². The molecule has 4 aliphatic heterocycles. The van der Waals surface area contributed by atoms with Crippen molar-refractivity contribution in [3.8, 4) is 0 Å². The van der Waals surface area contributed by atoms with Crippen LogP contribution in [0.3, 0.4) is 0 Å². The molecule has 0 bridgehead atoms. The fraction of sp³-hybridized carbons (Fsp3) is 0. The zero-order valence-corrected chi connectivity index (χ0v) is 30.8. The van der Waals surface area contributed by atoms with Gasteiger partial charge in [-0.3, -0.25) is 0 Å². The minimum absolute atomic E-state index is 0.873. The van der Waals surface area contributed by atoms with E-state index in [1.54, 1.807) is 0 Å². The quantitative estimate of drug-likeness (QED) is 0.174. The van der Waals surface area contributed by atoms with Gasteiger partial charge in [-0.2, -0.15) is 0 Å². The molecule has 0 unspecified atom stereocenters. The Kier molecular flexibility index (Phi) is 5.98. The lowest BCUT2D eigenvalue weighted by Gasteiger charge is -2.43. The van der Waals surface area contributed by atoms with E-state index in [0.717, 1.165) is 56.1 Å². The smallest absolute Gasteiger partial charge is 0.135 e. The summed E-state index contributed by atoms with van der Waals surface area (Å²) in [5.74, 6) is 0. The summed E-state index contributed by atoms with van der Waals surface area (Å²) in [7, 11) is 0. The Labute approximate surface area is 325 Å². The summed E-state index contributed by atoms with van der Waals surface area (Å²) in [5, 5.41) is 2.18. The highest BCUT2D eigenvalue weighted by atomic mass is 32.2. The molecule has 258 valence electrons. The standard InChI is InChI=1S/C48H28N4OS2/c1-3-13-35-33(11-1)49(39-17-9-21-45-47(39)51(35)37-15-5-7-19-43(37)54-45)29-23-25-41-31(27-29)32-28-30(24-26-42(32)53-41)50-34-12-2-4-14-36(34)52-38-16-6-8-20-44(38)55-46-22-10-18-40(50)48(46)52/h1-28H. The van der Waals surface area contributed by atoms with Crippen molar-refractivity contribution in [1.82, 2.24) is 0 Å². The fourth-order valence-electron chi connectivity index (χ4n) is 8.96. The number of hydrogen-bond donors (Lipinski definition) is 0. The van der Waals surface area contributed by atoms with Crippen LogP contribution in [0.25, 0.3) is 21.9 Å². The molecule has 0 radical (unpaired) electrons. The van der Waals surface area contributed by atoms with E-state index in [0.29, 0.717) is 0 Å². The van der Waals surface area contributed by atoms with Crippen LogP contribution >= 0.6 is 23.5 Å². The molecule has 8 aromatic carbocycles. The third-order valence-electron chi connectivity index (χ3n) is 11.2. The highest BCUT2D eigenvalue weighted by Crippen LogP contribution is 2.63. The van der Waals surface area contributed by atoms with E-state index in [1.807, 2.05) is 23.5 Å². The molecule has 13 rings (SSSR count). The number of fused-ring (bicyclic) bond motifs is 11. The van der Waals surface area contributed by atoms with Crippen LogP contribution in [-0.2, 0) is 0 Å². The first-order valence-electron chi connectivity index (χ1n) is 18.4. The number of furan rings is 1. The maximum Gasteiger partial charge on any atom is 0.135 e. The zero-order chi connectivity index (χ0) is 35.8. The van der Waals surface area contributed by atoms with Crippen molar-refractivity contribution in [3.63, 3.8) is 0 Å². The summed E-state index contributed by atoms with van der Waals surface area (Å²) < 4.78 is 6.56. The lowest BCUT2D eigenvalue weighted by molar-refractivity contribution is 0.669. The largest absolute Gasteiger partial charge is 0.456 e. The van der Waals surface area contributed by atoms with Crippen molar-refractivity contribution >= 4 is 114 Å². The number of anilines is 12. The Bertz CT molecular complexity index is 2910. The SMILES string of the molecule is c1ccc2c(c1)Sc1cccc3c1N2c1ccccc1N3c1ccc2oc3ccc(N4c5ccccc5N5c6ccccc6Sc6cccc4c65)cc3c2c1. The Morgan fingerprint density at radius 1 is 0.309 bits per heavy atom. The highest BCUT2D eigenvalue weighted by molar-refractivity contribution is 8.00. The predicted octanol–water partition coefficient (Wildman–Crippen LogP) is 15.0. The molecule has 0 atom stereocenters. The Morgan fingerprint density at radius 3 is 1.13 bits per heavy atom. The first kappa shape index (κ1) is 29.9. The molecular weight excluding hydrogens is 713 g/mol. The van der Waals surface area contributed by atoms with E-state index in [9.17, 15) is 0 Å². The Morgan fingerprint density at radius 2 is 0.673 bits per heavy atom. The Balaban J connectivity index is 0.990. The van der Waals surface area contributed by atoms with Gasteiger partial charge in [0, 0.05) is 41.7 Å². The van der Waals surface area contributed by atoms with Gasteiger partial charge in [-0.15, -0.1) is 0 Å². The molecule has 0 spiro atoms. The van der Waals surface area contributed by atoms with E-state index in [-0.39, 0.29) is 0 Å². The fourth-order valence-corrected chi connectivity index (χ4v) is 11.1. The predicted molar refractivity (Wildman–Crippen MR) is 228 cm³/mol. The van der Waals surface area contributed by atoms with E-state index in [4.69, 9.17) is 4.42 Å². The maximum atomic E-state index is 6.56. The molecule has 5 heterocycles. The molecule has 0 saturated heterocycles. The normalized spacial score (nSPS) is 14.3. The first-order chi connectivity index (χ1) is 27.3. The summed E-state index contributed by atoms with van der Waals surface area (Å²) in [5.41, 5.74) is 15.7. The minimum atomic E-state index is 0.873. The van der Waals surface area contributed by atoms with Crippen LogP contribution in [-0.4, -0.2) is 0 Å². The molecule has 0 amide bonds. The topological polar surface area (TPSA) is 26.1 Å². The van der Waals surface area contributed by atoms with Gasteiger partial charge in [0.25, 0.3) is 0 Å². The molecule has 7 heteroatoms. The molecule has 0 saturated carbocycles. The number of nitrogens with zero attached hydrogens (tertiary/aromatic N) is 4. The number of hydrogen-bond acceptors (Lipinski definition) is 7. The summed E-state index contributed by atoms with van der Waals surface area (Å²) in [6.07, 6.45) is 0. The highest BCUT2D eigenvalue weighted by Gasteiger charge is 2.38. The van der Waals surface area contributed by atoms with Crippen molar-refractivity contribution in [2.45, 2.75) is 19.6 Å². The second kappa shape index (κ2) is 11.0. The van der Waals surface area contributed by atoms with Gasteiger partial charge in [0.15, 0.2) is 0 Å². The van der Waals surface area contributed by atoms with E-state index >= 15 is 0 Å². The van der Waals surface area contributed by atoms with Crippen LogP contribution in [0.1, 0.15) is 0 Å². The number of para-hydroxylation sites is 8. The lowest BCUT2D eigenvalue weighted by atomic mass is 10.0. The van der Waals surface area contributed by atoms with Crippen LogP contribution in [0.5, 0.6) is 0 Å². The van der Waals surface area contributed by atoms with E-state index < -0.39 is 0 Å². The second-order valence-electron chi connectivity index (χ2n) is 14.2. The van der Waals surface area contributed by atoms with Gasteiger partial charge in [0.1, 0.15) is 11.2 Å². The van der Waals surface area contributed by atoms with Crippen LogP contribution in [0, 0.1) is 0 Å². The van der Waals surface area contributed by atoms with Crippen molar-refractivity contribution in [3.05, 3.63) is 170 Å². The summed E-state index contributed by atoms with van der Waals surface area (Å²) in [6.45, 7) is 0. The van der Waals surface area contributed by atoms with E-state index in [2.05, 4.69) is 189 Å². The Hall–Kier alpha value is -6.54. The van der Waals surface area contributed by atoms with Gasteiger partial charge in [0.2, 0.25) is 0 Å². The molecule has 5 nitrogen and oxygen atoms in total. The van der Waals surface area contributed by atoms with Crippen molar-refractivity contribution < 1.29 is 4.42 Å². The van der Waals surface area contributed by atoms with Gasteiger partial charge in [-0.25, -0.2) is 0 Å². The maximum absolute atomic E-state index is 6.56. The molecule has 4 aliphatic rings. The first-order valence-corrected chi connectivity index (χ1v) is 20.1. The van der Waals surface area contributed by atoms with Crippen molar-refractivity contribution in [2.24, 2.45) is 0 Å². The van der Waals surface area contributed by atoms with Crippen molar-refractivity contribution in [2.75, 3.05) is 19.6 Å². The zero-order valence-electron chi connectivity index (χ0n) is 29.2. The van der Waals surface area contributed by atoms with Gasteiger partial charge >= 0.3 is 0 Å². The third-order valence-corrected chi connectivity index (χ3v) is 13.4. The molecule has 1 aromatic heterocycles. The molecular formula is C48H28N4OS2. The summed E-state index contributed by atoms with van der Waals surface area (Å²) in [4.78, 5) is 14.8. The van der Waals surface area contributed by atoms with Crippen LogP contribution < -0.4 is 19.6 Å². The molecule has 0 N–H and O–H groups in total. The minimum Gasteiger partial charge on any atom is -0.456 e. The van der Waals surface area contributed by atoms with Crippen LogP contribution in [0.15, 0.2) is 194 Å². The monoisotopic (exact) mass is 740 g/mol. The second-order valence-corrected chi connectivity index (χ2v) is 16.3. The summed E-state index contributed by atoms with van der Waals surface area (Å²) >= 11 is 3.69. The average Bonchev–Trinajstić information content (AvgIpc) is 3.60. The summed E-state index contributed by atoms with van der Waals surface area (Å²) in [6, 6.07) is 61.6. The average molecular weight is 741 g/mol. The van der Waals surface area contributed by atoms with Crippen LogP contribution in [0.2, 0.25) is 0 Å². The molecule has 0 fully saturated rings. The van der Waals surface area contributed by atoms with E-state index in [1.165, 1.54) is 53.7 Å². The van der Waals surface area contributed by atoms with Gasteiger partial charge in [-0.1, -0.05) is 84.2 Å². The molecule has 0 aliphatic carbocycles. The van der Waals surface area contributed by atoms with Gasteiger partial charge < -0.3 is 24.0 Å². The lowest BCUT2D eigenvalue weighted by Crippen LogP contribution is -2.26.